The molecule has 0 unspecified atom stereocenters. The SMILES string of the molecule is COc1ccc(-c2nnc(CNc3ccc(Br)c(C)c3)o2)cc1OC. The van der Waals surface area contributed by atoms with Gasteiger partial charge < -0.3 is 19.2 Å². The van der Waals surface area contributed by atoms with Crippen molar-refractivity contribution in [2.75, 3.05) is 19.5 Å². The van der Waals surface area contributed by atoms with Gasteiger partial charge in [-0.15, -0.1) is 10.2 Å². The third-order valence-corrected chi connectivity index (χ3v) is 4.59. The minimum absolute atomic E-state index is 0.435. The van der Waals surface area contributed by atoms with Crippen LogP contribution in [0.25, 0.3) is 11.5 Å². The van der Waals surface area contributed by atoms with Crippen molar-refractivity contribution in [2.24, 2.45) is 0 Å². The summed E-state index contributed by atoms with van der Waals surface area (Å²) in [4.78, 5) is 0. The van der Waals surface area contributed by atoms with Gasteiger partial charge >= 0.3 is 0 Å². The fourth-order valence-corrected chi connectivity index (χ4v) is 2.59. The Hall–Kier alpha value is -2.54. The van der Waals surface area contributed by atoms with Crippen molar-refractivity contribution in [3.63, 3.8) is 0 Å². The average Bonchev–Trinajstić information content (AvgIpc) is 3.11. The number of ether oxygens (including phenoxy) is 2. The number of aryl methyl sites for hydroxylation is 1. The zero-order valence-corrected chi connectivity index (χ0v) is 15.8. The van der Waals surface area contributed by atoms with E-state index in [1.165, 1.54) is 0 Å². The molecule has 0 aliphatic rings. The summed E-state index contributed by atoms with van der Waals surface area (Å²) in [5.41, 5.74) is 2.92. The lowest BCUT2D eigenvalue weighted by molar-refractivity contribution is 0.355. The van der Waals surface area contributed by atoms with E-state index in [-0.39, 0.29) is 0 Å². The summed E-state index contributed by atoms with van der Waals surface area (Å²) in [5, 5.41) is 11.5. The third kappa shape index (κ3) is 3.93. The van der Waals surface area contributed by atoms with Gasteiger partial charge in [-0.2, -0.15) is 0 Å². The minimum atomic E-state index is 0.435. The fraction of sp³-hybridized carbons (Fsp3) is 0.222. The van der Waals surface area contributed by atoms with Crippen molar-refractivity contribution in [2.45, 2.75) is 13.5 Å². The lowest BCUT2D eigenvalue weighted by Crippen LogP contribution is -1.99. The largest absolute Gasteiger partial charge is 0.493 e. The summed E-state index contributed by atoms with van der Waals surface area (Å²) in [7, 11) is 3.18. The smallest absolute Gasteiger partial charge is 0.247 e. The number of hydrogen-bond donors (Lipinski definition) is 1. The van der Waals surface area contributed by atoms with E-state index < -0.39 is 0 Å². The van der Waals surface area contributed by atoms with E-state index in [0.717, 1.165) is 21.3 Å². The highest BCUT2D eigenvalue weighted by atomic mass is 79.9. The summed E-state index contributed by atoms with van der Waals surface area (Å²) in [6.07, 6.45) is 0. The zero-order chi connectivity index (χ0) is 17.8. The molecule has 1 heterocycles. The maximum Gasteiger partial charge on any atom is 0.247 e. The summed E-state index contributed by atoms with van der Waals surface area (Å²) >= 11 is 3.49. The Morgan fingerprint density at radius 3 is 2.56 bits per heavy atom. The van der Waals surface area contributed by atoms with E-state index in [0.29, 0.717) is 29.8 Å². The van der Waals surface area contributed by atoms with Crippen molar-refractivity contribution in [1.29, 1.82) is 0 Å². The second-order valence-electron chi connectivity index (χ2n) is 5.39. The molecule has 25 heavy (non-hydrogen) atoms. The molecule has 0 atom stereocenters. The molecule has 2 aromatic carbocycles. The van der Waals surface area contributed by atoms with Gasteiger partial charge in [0.15, 0.2) is 11.5 Å². The number of aromatic nitrogens is 2. The van der Waals surface area contributed by atoms with E-state index in [1.807, 2.05) is 31.2 Å². The van der Waals surface area contributed by atoms with Crippen LogP contribution in [0.1, 0.15) is 11.5 Å². The first-order chi connectivity index (χ1) is 12.1. The van der Waals surface area contributed by atoms with E-state index in [4.69, 9.17) is 13.9 Å². The summed E-state index contributed by atoms with van der Waals surface area (Å²) in [5.74, 6) is 2.21. The van der Waals surface area contributed by atoms with Gasteiger partial charge in [-0.05, 0) is 48.9 Å². The maximum absolute atomic E-state index is 5.73. The van der Waals surface area contributed by atoms with Gasteiger partial charge in [0.2, 0.25) is 11.8 Å². The van der Waals surface area contributed by atoms with Gasteiger partial charge in [0.1, 0.15) is 0 Å². The number of benzene rings is 2. The highest BCUT2D eigenvalue weighted by Gasteiger charge is 2.12. The van der Waals surface area contributed by atoms with Crippen LogP contribution in [0, 0.1) is 6.92 Å². The van der Waals surface area contributed by atoms with Crippen molar-refractivity contribution >= 4 is 21.6 Å². The standard InChI is InChI=1S/C18H18BrN3O3/c1-11-8-13(5-6-14(11)19)20-10-17-21-22-18(25-17)12-4-7-15(23-2)16(9-12)24-3/h4-9,20H,10H2,1-3H3. The Bertz CT molecular complexity index is 880. The minimum Gasteiger partial charge on any atom is -0.493 e. The van der Waals surface area contributed by atoms with Crippen LogP contribution in [0.15, 0.2) is 45.3 Å². The topological polar surface area (TPSA) is 69.4 Å². The molecule has 0 aliphatic carbocycles. The molecular formula is C18H18BrN3O3. The number of rotatable bonds is 6. The quantitative estimate of drug-likeness (QED) is 0.655. The Kier molecular flexibility index (Phi) is 5.23. The van der Waals surface area contributed by atoms with Crippen LogP contribution in [-0.2, 0) is 6.54 Å². The number of nitrogens with zero attached hydrogens (tertiary/aromatic N) is 2. The third-order valence-electron chi connectivity index (χ3n) is 3.70. The normalized spacial score (nSPS) is 10.6. The molecule has 0 fully saturated rings. The molecule has 3 rings (SSSR count). The second kappa shape index (κ2) is 7.57. The van der Waals surface area contributed by atoms with Crippen LogP contribution in [0.5, 0.6) is 11.5 Å². The monoisotopic (exact) mass is 403 g/mol. The molecule has 0 aliphatic heterocycles. The molecule has 1 aromatic heterocycles. The van der Waals surface area contributed by atoms with E-state index >= 15 is 0 Å². The Morgan fingerprint density at radius 2 is 1.84 bits per heavy atom. The van der Waals surface area contributed by atoms with Gasteiger partial charge in [0, 0.05) is 15.7 Å². The van der Waals surface area contributed by atoms with Crippen molar-refractivity contribution in [1.82, 2.24) is 10.2 Å². The first-order valence-electron chi connectivity index (χ1n) is 7.65. The van der Waals surface area contributed by atoms with E-state index in [9.17, 15) is 0 Å². The highest BCUT2D eigenvalue weighted by molar-refractivity contribution is 9.10. The Labute approximate surface area is 154 Å². The molecule has 0 radical (unpaired) electrons. The summed E-state index contributed by atoms with van der Waals surface area (Å²) in [6, 6.07) is 11.5. The predicted molar refractivity (Wildman–Crippen MR) is 99.0 cm³/mol. The average molecular weight is 404 g/mol. The summed E-state index contributed by atoms with van der Waals surface area (Å²) in [6.45, 7) is 2.48. The predicted octanol–water partition coefficient (Wildman–Crippen LogP) is 4.44. The zero-order valence-electron chi connectivity index (χ0n) is 14.2. The van der Waals surface area contributed by atoms with Crippen molar-refractivity contribution in [3.05, 3.63) is 52.3 Å². The molecule has 6 nitrogen and oxygen atoms in total. The van der Waals surface area contributed by atoms with Crippen LogP contribution in [0.2, 0.25) is 0 Å². The van der Waals surface area contributed by atoms with Gasteiger partial charge in [-0.3, -0.25) is 0 Å². The first-order valence-corrected chi connectivity index (χ1v) is 8.45. The van der Waals surface area contributed by atoms with Crippen molar-refractivity contribution < 1.29 is 13.9 Å². The summed E-state index contributed by atoms with van der Waals surface area (Å²) < 4.78 is 17.3. The highest BCUT2D eigenvalue weighted by Crippen LogP contribution is 2.31. The van der Waals surface area contributed by atoms with Crippen LogP contribution >= 0.6 is 15.9 Å². The number of methoxy groups -OCH3 is 2. The lowest BCUT2D eigenvalue weighted by Gasteiger charge is -2.07. The molecule has 0 spiro atoms. The molecule has 0 saturated heterocycles. The molecule has 130 valence electrons. The van der Waals surface area contributed by atoms with E-state index in [2.05, 4.69) is 37.5 Å². The molecule has 0 amide bonds. The first kappa shape index (κ1) is 17.3. The number of hydrogen-bond acceptors (Lipinski definition) is 6. The molecule has 1 N–H and O–H groups in total. The van der Waals surface area contributed by atoms with Gasteiger partial charge in [-0.1, -0.05) is 15.9 Å². The second-order valence-corrected chi connectivity index (χ2v) is 6.24. The van der Waals surface area contributed by atoms with E-state index in [1.54, 1.807) is 20.3 Å². The molecular weight excluding hydrogens is 386 g/mol. The van der Waals surface area contributed by atoms with Crippen LogP contribution < -0.4 is 14.8 Å². The Morgan fingerprint density at radius 1 is 1.04 bits per heavy atom. The van der Waals surface area contributed by atoms with Gasteiger partial charge in [0.05, 0.1) is 20.8 Å². The Balaban J connectivity index is 1.73. The number of nitrogens with one attached hydrogen (secondary N) is 1. The van der Waals surface area contributed by atoms with Crippen LogP contribution in [-0.4, -0.2) is 24.4 Å². The van der Waals surface area contributed by atoms with Crippen LogP contribution in [0.3, 0.4) is 0 Å². The van der Waals surface area contributed by atoms with Crippen LogP contribution in [0.4, 0.5) is 5.69 Å². The molecule has 0 bridgehead atoms. The van der Waals surface area contributed by atoms with Crippen molar-refractivity contribution in [3.8, 4) is 23.0 Å². The number of anilines is 1. The lowest BCUT2D eigenvalue weighted by atomic mass is 10.2. The molecule has 0 saturated carbocycles. The molecule has 7 heteroatoms. The fourth-order valence-electron chi connectivity index (χ4n) is 2.34. The maximum atomic E-state index is 5.73. The van der Waals surface area contributed by atoms with Gasteiger partial charge in [0.25, 0.3) is 0 Å². The van der Waals surface area contributed by atoms with Gasteiger partial charge in [-0.25, -0.2) is 0 Å². The number of halogens is 1. The molecule has 3 aromatic rings.